The van der Waals surface area contributed by atoms with E-state index in [0.717, 1.165) is 28.8 Å². The fourth-order valence-electron chi connectivity index (χ4n) is 5.43. The third-order valence-corrected chi connectivity index (χ3v) is 6.75. The first-order valence-electron chi connectivity index (χ1n) is 10.7. The molecule has 2 aromatic rings. The number of pyridine rings is 1. The maximum absolute atomic E-state index is 15.5. The van der Waals surface area contributed by atoms with Crippen LogP contribution in [0.3, 0.4) is 0 Å². The van der Waals surface area contributed by atoms with Crippen molar-refractivity contribution in [2.75, 3.05) is 0 Å². The summed E-state index contributed by atoms with van der Waals surface area (Å²) in [5.74, 6) is -0.252. The molecule has 0 bridgehead atoms. The molecule has 1 unspecified atom stereocenters. The largest absolute Gasteiger partial charge is 0.362 e. The number of hydrogen-bond acceptors (Lipinski definition) is 5. The second-order valence-corrected chi connectivity index (χ2v) is 9.35. The molecular weight excluding hydrogens is 391 g/mol. The number of rotatable bonds is 3. The summed E-state index contributed by atoms with van der Waals surface area (Å²) in [6.45, 7) is 6.20. The van der Waals surface area contributed by atoms with Crippen molar-refractivity contribution in [3.63, 3.8) is 0 Å². The van der Waals surface area contributed by atoms with E-state index in [2.05, 4.69) is 34.4 Å². The predicted octanol–water partition coefficient (Wildman–Crippen LogP) is 5.46. The molecule has 158 valence electrons. The number of hydrogen-bond donors (Lipinski definition) is 1. The first kappa shape index (κ1) is 19.8. The molecule has 1 aromatic carbocycles. The number of carbonyl (C=O) groups excluding carboxylic acids is 1. The number of allylic oxidation sites excluding steroid dienone is 2. The van der Waals surface area contributed by atoms with Gasteiger partial charge in [0.1, 0.15) is 5.82 Å². The zero-order valence-corrected chi connectivity index (χ0v) is 17.9. The lowest BCUT2D eigenvalue weighted by molar-refractivity contribution is -0.119. The number of halogens is 1. The summed E-state index contributed by atoms with van der Waals surface area (Å²) < 4.78 is 15.5. The van der Waals surface area contributed by atoms with Crippen molar-refractivity contribution in [1.82, 2.24) is 10.3 Å². The number of azo groups is 1. The quantitative estimate of drug-likeness (QED) is 0.723. The number of Topliss-reactive ketones (excluding diaryl/α,β-unsaturated/α-hetero) is 1. The van der Waals surface area contributed by atoms with Gasteiger partial charge in [0.15, 0.2) is 11.9 Å². The van der Waals surface area contributed by atoms with E-state index in [4.69, 9.17) is 0 Å². The van der Waals surface area contributed by atoms with Crippen molar-refractivity contribution < 1.29 is 9.18 Å². The molecule has 0 spiro atoms. The van der Waals surface area contributed by atoms with Gasteiger partial charge in [-0.15, -0.1) is 0 Å². The molecule has 3 heterocycles. The molecule has 3 aliphatic rings. The molecule has 2 aliphatic heterocycles. The number of fused-ring (bicyclic) bond motifs is 1. The van der Waals surface area contributed by atoms with Crippen LogP contribution in [-0.4, -0.2) is 16.9 Å². The first-order valence-corrected chi connectivity index (χ1v) is 10.7. The monoisotopic (exact) mass is 416 g/mol. The van der Waals surface area contributed by atoms with Crippen LogP contribution in [0.4, 0.5) is 4.39 Å². The number of nitrogens with one attached hydrogen (secondary N) is 1. The summed E-state index contributed by atoms with van der Waals surface area (Å²) >= 11 is 0. The Bertz CT molecular complexity index is 1170. The van der Waals surface area contributed by atoms with Gasteiger partial charge < -0.3 is 5.32 Å². The highest BCUT2D eigenvalue weighted by Crippen LogP contribution is 2.54. The molecule has 5 nitrogen and oxygen atoms in total. The lowest BCUT2D eigenvalue weighted by Crippen LogP contribution is -2.51. The highest BCUT2D eigenvalue weighted by atomic mass is 19.1. The van der Waals surface area contributed by atoms with Gasteiger partial charge in [-0.2, -0.15) is 10.2 Å². The molecule has 0 radical (unpaired) electrons. The minimum Gasteiger partial charge on any atom is -0.362 e. The predicted molar refractivity (Wildman–Crippen MR) is 117 cm³/mol. The van der Waals surface area contributed by atoms with Gasteiger partial charge in [0.25, 0.3) is 0 Å². The molecule has 5 rings (SSSR count). The van der Waals surface area contributed by atoms with Gasteiger partial charge in [0, 0.05) is 41.2 Å². The second-order valence-electron chi connectivity index (χ2n) is 9.35. The lowest BCUT2D eigenvalue weighted by Gasteiger charge is -2.47. The molecule has 31 heavy (non-hydrogen) atoms. The average Bonchev–Trinajstić information content (AvgIpc) is 3.21. The molecule has 0 amide bonds. The van der Waals surface area contributed by atoms with E-state index >= 15 is 4.39 Å². The summed E-state index contributed by atoms with van der Waals surface area (Å²) in [6, 6.07) is 8.96. The summed E-state index contributed by atoms with van der Waals surface area (Å²) in [7, 11) is 0. The van der Waals surface area contributed by atoms with Crippen molar-refractivity contribution in [1.29, 1.82) is 0 Å². The minimum absolute atomic E-state index is 0.0700. The number of nitrogens with zero attached hydrogens (tertiary/aromatic N) is 3. The van der Waals surface area contributed by atoms with E-state index in [9.17, 15) is 4.79 Å². The minimum atomic E-state index is -0.893. The fraction of sp³-hybridized carbons (Fsp3) is 0.360. The Morgan fingerprint density at radius 2 is 1.90 bits per heavy atom. The van der Waals surface area contributed by atoms with Crippen molar-refractivity contribution >= 4 is 5.78 Å². The van der Waals surface area contributed by atoms with Crippen LogP contribution in [0.5, 0.6) is 0 Å². The van der Waals surface area contributed by atoms with Gasteiger partial charge in [0.05, 0.1) is 11.6 Å². The number of benzene rings is 1. The Kier molecular flexibility index (Phi) is 4.43. The standard InChI is InChI=1S/C25H25FN4O/c1-4-25(17-11-16(5-6-19(17)26)15-7-9-27-10-8-15)18-14-28-30-23(18)29-20-12-24(2,3)13-21(31)22(20)25/h5-11,14,23,29H,4,12-13H2,1-3H3/t23?,25-/m1/s1. The van der Waals surface area contributed by atoms with Crippen LogP contribution < -0.4 is 5.32 Å². The third-order valence-electron chi connectivity index (χ3n) is 6.75. The molecular formula is C25H25FN4O. The van der Waals surface area contributed by atoms with Crippen LogP contribution in [0.15, 0.2) is 76.0 Å². The Morgan fingerprint density at radius 3 is 2.65 bits per heavy atom. The first-order chi connectivity index (χ1) is 14.9. The van der Waals surface area contributed by atoms with Gasteiger partial charge in [0.2, 0.25) is 0 Å². The average molecular weight is 417 g/mol. The zero-order chi connectivity index (χ0) is 21.8. The zero-order valence-electron chi connectivity index (χ0n) is 17.9. The lowest BCUT2D eigenvalue weighted by atomic mass is 9.58. The maximum atomic E-state index is 15.5. The summed E-state index contributed by atoms with van der Waals surface area (Å²) in [5, 5.41) is 11.9. The summed E-state index contributed by atoms with van der Waals surface area (Å²) in [5.41, 5.74) is 3.69. The Hall–Kier alpha value is -3.15. The van der Waals surface area contributed by atoms with E-state index in [1.165, 1.54) is 6.07 Å². The summed E-state index contributed by atoms with van der Waals surface area (Å²) in [4.78, 5) is 17.6. The smallest absolute Gasteiger partial charge is 0.164 e. The Labute approximate surface area is 181 Å². The summed E-state index contributed by atoms with van der Waals surface area (Å²) in [6.07, 6.45) is 6.48. The van der Waals surface area contributed by atoms with E-state index in [0.29, 0.717) is 24.0 Å². The van der Waals surface area contributed by atoms with Crippen LogP contribution in [0, 0.1) is 11.2 Å². The molecule has 0 fully saturated rings. The Balaban J connectivity index is 1.78. The van der Waals surface area contributed by atoms with Crippen molar-refractivity contribution in [3.05, 3.63) is 77.1 Å². The number of aromatic nitrogens is 1. The van der Waals surface area contributed by atoms with Gasteiger partial charge in [-0.1, -0.05) is 26.8 Å². The maximum Gasteiger partial charge on any atom is 0.164 e. The normalized spacial score (nSPS) is 26.3. The van der Waals surface area contributed by atoms with Crippen molar-refractivity contribution in [2.24, 2.45) is 15.6 Å². The molecule has 6 heteroatoms. The van der Waals surface area contributed by atoms with Gasteiger partial charge >= 0.3 is 0 Å². The fourth-order valence-corrected chi connectivity index (χ4v) is 5.43. The van der Waals surface area contributed by atoms with E-state index in [-0.39, 0.29) is 23.2 Å². The molecule has 2 atom stereocenters. The van der Waals surface area contributed by atoms with Gasteiger partial charge in [-0.25, -0.2) is 4.39 Å². The molecule has 1 aromatic heterocycles. The van der Waals surface area contributed by atoms with Gasteiger partial charge in [-0.05, 0) is 53.6 Å². The van der Waals surface area contributed by atoms with Crippen molar-refractivity contribution in [3.8, 4) is 11.1 Å². The second kappa shape index (κ2) is 6.94. The highest BCUT2D eigenvalue weighted by Gasteiger charge is 2.53. The van der Waals surface area contributed by atoms with Crippen LogP contribution in [0.1, 0.15) is 45.6 Å². The molecule has 1 aliphatic carbocycles. The molecule has 0 saturated carbocycles. The number of ketones is 1. The van der Waals surface area contributed by atoms with E-state index in [1.807, 2.05) is 25.1 Å². The molecule has 1 N–H and O–H groups in total. The van der Waals surface area contributed by atoms with E-state index < -0.39 is 5.41 Å². The van der Waals surface area contributed by atoms with Gasteiger partial charge in [-0.3, -0.25) is 9.78 Å². The number of carbonyl (C=O) groups is 1. The highest BCUT2D eigenvalue weighted by molar-refractivity contribution is 6.01. The van der Waals surface area contributed by atoms with Crippen molar-refractivity contribution in [2.45, 2.75) is 51.6 Å². The topological polar surface area (TPSA) is 66.7 Å². The third kappa shape index (κ3) is 2.96. The Morgan fingerprint density at radius 1 is 1.13 bits per heavy atom. The van der Waals surface area contributed by atoms with Crippen LogP contribution in [0.25, 0.3) is 11.1 Å². The van der Waals surface area contributed by atoms with Crippen LogP contribution in [-0.2, 0) is 10.2 Å². The van der Waals surface area contributed by atoms with Crippen LogP contribution >= 0.6 is 0 Å². The van der Waals surface area contributed by atoms with E-state index in [1.54, 1.807) is 24.7 Å². The van der Waals surface area contributed by atoms with Crippen LogP contribution in [0.2, 0.25) is 0 Å². The molecule has 0 saturated heterocycles. The SMILES string of the molecule is CC[C@@]1(c2cc(-c3ccncc3)ccc2F)C2=CN=NC2NC2=C1C(=O)CC(C)(C)C2.